The van der Waals surface area contributed by atoms with Crippen LogP contribution in [0.25, 0.3) is 0 Å². The van der Waals surface area contributed by atoms with Crippen LogP contribution in [-0.4, -0.2) is 24.3 Å². The monoisotopic (exact) mass is 423 g/mol. The lowest BCUT2D eigenvalue weighted by molar-refractivity contribution is -0.122. The van der Waals surface area contributed by atoms with Crippen molar-refractivity contribution in [3.05, 3.63) is 77.7 Å². The van der Waals surface area contributed by atoms with Crippen molar-refractivity contribution >= 4 is 46.4 Å². The molecule has 0 saturated carbocycles. The summed E-state index contributed by atoms with van der Waals surface area (Å²) in [6.45, 7) is 0.253. The van der Waals surface area contributed by atoms with E-state index < -0.39 is 5.92 Å². The quantitative estimate of drug-likeness (QED) is 0.644. The summed E-state index contributed by atoms with van der Waals surface area (Å²) in [6, 6.07) is 17.0. The minimum Gasteiger partial charge on any atom is -0.459 e. The Morgan fingerprint density at radius 1 is 1.00 bits per heavy atom. The van der Waals surface area contributed by atoms with Crippen LogP contribution in [0.4, 0.5) is 17.1 Å². The summed E-state index contributed by atoms with van der Waals surface area (Å²) in [7, 11) is 0. The number of hydrogen-bond donors (Lipinski definition) is 2. The average Bonchev–Trinajstić information content (AvgIpc) is 3.39. The lowest BCUT2D eigenvalue weighted by Crippen LogP contribution is -2.28. The molecule has 4 rings (SSSR count). The number of amides is 3. The fraction of sp³-hybridized carbons (Fsp3) is 0.136. The zero-order valence-electron chi connectivity index (χ0n) is 15.8. The third-order valence-electron chi connectivity index (χ3n) is 4.77. The van der Waals surface area contributed by atoms with Crippen LogP contribution in [0.5, 0.6) is 0 Å². The molecule has 3 amide bonds. The highest BCUT2D eigenvalue weighted by molar-refractivity contribution is 6.34. The normalized spacial score (nSPS) is 15.8. The van der Waals surface area contributed by atoms with E-state index in [1.807, 2.05) is 0 Å². The second-order valence-corrected chi connectivity index (χ2v) is 7.27. The SMILES string of the molecule is O=C(Nc1cccc(NC(=O)C2CC(=O)N(c3ccccc3Cl)C2)c1)c1ccco1. The Labute approximate surface area is 177 Å². The Morgan fingerprint density at radius 2 is 1.77 bits per heavy atom. The Morgan fingerprint density at radius 3 is 2.50 bits per heavy atom. The number of nitrogens with one attached hydrogen (secondary N) is 2. The molecule has 2 N–H and O–H groups in total. The molecule has 1 aromatic heterocycles. The van der Waals surface area contributed by atoms with E-state index in [4.69, 9.17) is 16.0 Å². The van der Waals surface area contributed by atoms with Crippen LogP contribution < -0.4 is 15.5 Å². The molecule has 8 heteroatoms. The molecule has 1 fully saturated rings. The second-order valence-electron chi connectivity index (χ2n) is 6.86. The molecule has 1 aliphatic heterocycles. The van der Waals surface area contributed by atoms with Gasteiger partial charge in [0, 0.05) is 24.3 Å². The highest BCUT2D eigenvalue weighted by Gasteiger charge is 2.35. The second kappa shape index (κ2) is 8.42. The van der Waals surface area contributed by atoms with Gasteiger partial charge in [0.05, 0.1) is 22.9 Å². The molecule has 0 aliphatic carbocycles. The zero-order chi connectivity index (χ0) is 21.1. The van der Waals surface area contributed by atoms with Crippen LogP contribution in [0.3, 0.4) is 0 Å². The van der Waals surface area contributed by atoms with Crippen molar-refractivity contribution < 1.29 is 18.8 Å². The summed E-state index contributed by atoms with van der Waals surface area (Å²) in [5.41, 5.74) is 1.62. The van der Waals surface area contributed by atoms with Crippen molar-refractivity contribution in [2.75, 3.05) is 22.1 Å². The molecule has 0 bridgehead atoms. The molecule has 3 aromatic rings. The minimum absolute atomic E-state index is 0.103. The van der Waals surface area contributed by atoms with Crippen LogP contribution in [0.15, 0.2) is 71.3 Å². The maximum Gasteiger partial charge on any atom is 0.291 e. The maximum absolute atomic E-state index is 12.7. The Hall–Kier alpha value is -3.58. The topological polar surface area (TPSA) is 91.7 Å². The summed E-state index contributed by atoms with van der Waals surface area (Å²) in [5, 5.41) is 5.99. The summed E-state index contributed by atoms with van der Waals surface area (Å²) in [5.74, 6) is -1.13. The van der Waals surface area contributed by atoms with Crippen LogP contribution in [0, 0.1) is 5.92 Å². The Kier molecular flexibility index (Phi) is 5.54. The van der Waals surface area contributed by atoms with Crippen molar-refractivity contribution in [2.24, 2.45) is 5.92 Å². The number of rotatable bonds is 5. The zero-order valence-corrected chi connectivity index (χ0v) is 16.6. The number of carbonyl (C=O) groups is 3. The van der Waals surface area contributed by atoms with Gasteiger partial charge in [0.1, 0.15) is 0 Å². The predicted molar refractivity (Wildman–Crippen MR) is 114 cm³/mol. The first-order valence-corrected chi connectivity index (χ1v) is 9.70. The van der Waals surface area contributed by atoms with E-state index in [9.17, 15) is 14.4 Å². The predicted octanol–water partition coefficient (Wildman–Crippen LogP) is 4.18. The van der Waals surface area contributed by atoms with E-state index in [1.165, 1.54) is 11.2 Å². The molecule has 1 aliphatic rings. The van der Waals surface area contributed by atoms with Gasteiger partial charge in [-0.25, -0.2) is 0 Å². The maximum atomic E-state index is 12.7. The van der Waals surface area contributed by atoms with Gasteiger partial charge in [-0.15, -0.1) is 0 Å². The van der Waals surface area contributed by atoms with Gasteiger partial charge in [-0.3, -0.25) is 14.4 Å². The minimum atomic E-state index is -0.505. The van der Waals surface area contributed by atoms with Crippen molar-refractivity contribution in [3.8, 4) is 0 Å². The molecule has 1 unspecified atom stereocenters. The summed E-state index contributed by atoms with van der Waals surface area (Å²) >= 11 is 6.19. The smallest absolute Gasteiger partial charge is 0.291 e. The Balaban J connectivity index is 1.41. The molecule has 1 atom stereocenters. The van der Waals surface area contributed by atoms with E-state index in [1.54, 1.807) is 60.7 Å². The largest absolute Gasteiger partial charge is 0.459 e. The Bertz CT molecular complexity index is 1100. The number of para-hydroxylation sites is 1. The first-order chi connectivity index (χ1) is 14.5. The van der Waals surface area contributed by atoms with Crippen molar-refractivity contribution in [3.63, 3.8) is 0 Å². The van der Waals surface area contributed by atoms with Crippen LogP contribution in [-0.2, 0) is 9.59 Å². The average molecular weight is 424 g/mol. The third kappa shape index (κ3) is 4.21. The molecule has 2 heterocycles. The molecule has 152 valence electrons. The molecular formula is C22H18ClN3O4. The molecule has 1 saturated heterocycles. The van der Waals surface area contributed by atoms with E-state index >= 15 is 0 Å². The summed E-state index contributed by atoms with van der Waals surface area (Å²) in [6.07, 6.45) is 1.52. The number of nitrogens with zero attached hydrogens (tertiary/aromatic N) is 1. The lowest BCUT2D eigenvalue weighted by Gasteiger charge is -2.18. The molecule has 7 nitrogen and oxygen atoms in total. The van der Waals surface area contributed by atoms with E-state index in [2.05, 4.69) is 10.6 Å². The number of hydrogen-bond acceptors (Lipinski definition) is 4. The fourth-order valence-corrected chi connectivity index (χ4v) is 3.54. The highest BCUT2D eigenvalue weighted by atomic mass is 35.5. The lowest BCUT2D eigenvalue weighted by atomic mass is 10.1. The van der Waals surface area contributed by atoms with Gasteiger partial charge < -0.3 is 20.0 Å². The van der Waals surface area contributed by atoms with Crippen molar-refractivity contribution in [2.45, 2.75) is 6.42 Å². The molecule has 0 spiro atoms. The van der Waals surface area contributed by atoms with Crippen LogP contribution in [0.2, 0.25) is 5.02 Å². The number of halogens is 1. The third-order valence-corrected chi connectivity index (χ3v) is 5.09. The van der Waals surface area contributed by atoms with Crippen LogP contribution in [0.1, 0.15) is 17.0 Å². The summed E-state index contributed by atoms with van der Waals surface area (Å²) in [4.78, 5) is 38.8. The van der Waals surface area contributed by atoms with Crippen LogP contribution >= 0.6 is 11.6 Å². The van der Waals surface area contributed by atoms with Gasteiger partial charge in [0.15, 0.2) is 5.76 Å². The van der Waals surface area contributed by atoms with Gasteiger partial charge >= 0.3 is 0 Å². The fourth-order valence-electron chi connectivity index (χ4n) is 3.31. The van der Waals surface area contributed by atoms with Gasteiger partial charge in [-0.05, 0) is 42.5 Å². The van der Waals surface area contributed by atoms with Gasteiger partial charge in [-0.1, -0.05) is 29.8 Å². The molecule has 30 heavy (non-hydrogen) atoms. The van der Waals surface area contributed by atoms with Gasteiger partial charge in [0.25, 0.3) is 5.91 Å². The van der Waals surface area contributed by atoms with Crippen molar-refractivity contribution in [1.82, 2.24) is 0 Å². The van der Waals surface area contributed by atoms with Gasteiger partial charge in [-0.2, -0.15) is 0 Å². The standard InChI is InChI=1S/C22H18ClN3O4/c23-17-7-1-2-8-18(17)26-13-14(11-20(26)27)21(28)24-15-5-3-6-16(12-15)25-22(29)19-9-4-10-30-19/h1-10,12,14H,11,13H2,(H,24,28)(H,25,29). The number of benzene rings is 2. The van der Waals surface area contributed by atoms with Crippen molar-refractivity contribution in [1.29, 1.82) is 0 Å². The van der Waals surface area contributed by atoms with E-state index in [0.29, 0.717) is 22.1 Å². The van der Waals surface area contributed by atoms with Gasteiger partial charge in [0.2, 0.25) is 11.8 Å². The number of furan rings is 1. The van der Waals surface area contributed by atoms with E-state index in [-0.39, 0.29) is 36.4 Å². The molecule has 0 radical (unpaired) electrons. The number of carbonyl (C=O) groups excluding carboxylic acids is 3. The molecular weight excluding hydrogens is 406 g/mol. The van der Waals surface area contributed by atoms with E-state index in [0.717, 1.165) is 0 Å². The summed E-state index contributed by atoms with van der Waals surface area (Å²) < 4.78 is 5.07. The number of anilines is 3. The first-order valence-electron chi connectivity index (χ1n) is 9.32. The molecule has 2 aromatic carbocycles. The highest BCUT2D eigenvalue weighted by Crippen LogP contribution is 2.31. The first kappa shape index (κ1) is 19.7.